The second-order valence-corrected chi connectivity index (χ2v) is 4.88. The summed E-state index contributed by atoms with van der Waals surface area (Å²) in [4.78, 5) is 16.5. The summed E-state index contributed by atoms with van der Waals surface area (Å²) in [5.74, 6) is -0.132. The van der Waals surface area contributed by atoms with Crippen LogP contribution in [0.2, 0.25) is 0 Å². The Morgan fingerprint density at radius 1 is 1.33 bits per heavy atom. The van der Waals surface area contributed by atoms with Crippen LogP contribution in [0.5, 0.6) is 0 Å². The van der Waals surface area contributed by atoms with Gasteiger partial charge in [-0.05, 0) is 47.0 Å². The molecule has 1 unspecified atom stereocenters. The first kappa shape index (κ1) is 15.4. The third kappa shape index (κ3) is 5.33. The Morgan fingerprint density at radius 3 is 2.78 bits per heavy atom. The highest BCUT2D eigenvalue weighted by Gasteiger charge is 2.19. The van der Waals surface area contributed by atoms with Gasteiger partial charge in [-0.25, -0.2) is 0 Å². The lowest BCUT2D eigenvalue weighted by molar-refractivity contribution is -0.145. The molecule has 0 spiro atoms. The topological polar surface area (TPSA) is 44.8 Å². The van der Waals surface area contributed by atoms with E-state index in [1.54, 1.807) is 0 Å². The van der Waals surface area contributed by atoms with Crippen molar-refractivity contribution in [2.75, 3.05) is 53.4 Å². The van der Waals surface area contributed by atoms with Gasteiger partial charge in [0.2, 0.25) is 0 Å². The molecule has 0 radical (unpaired) electrons. The normalized spacial score (nSPS) is 20.4. The third-order valence-corrected chi connectivity index (χ3v) is 3.47. The van der Waals surface area contributed by atoms with Crippen LogP contribution in [0.25, 0.3) is 0 Å². The molecule has 5 nitrogen and oxygen atoms in total. The van der Waals surface area contributed by atoms with Crippen LogP contribution in [0.3, 0.4) is 0 Å². The third-order valence-electron chi connectivity index (χ3n) is 3.47. The van der Waals surface area contributed by atoms with Crippen molar-refractivity contribution in [1.82, 2.24) is 15.1 Å². The Balaban J connectivity index is 2.31. The quantitative estimate of drug-likeness (QED) is 0.687. The summed E-state index contributed by atoms with van der Waals surface area (Å²) >= 11 is 0. The molecule has 1 fully saturated rings. The van der Waals surface area contributed by atoms with Gasteiger partial charge >= 0.3 is 5.97 Å². The molecule has 1 aliphatic heterocycles. The first-order valence-corrected chi connectivity index (χ1v) is 6.92. The SMILES string of the molecule is CCOC(=O)C(CCN1CCCN(C)CC1)NC. The first-order chi connectivity index (χ1) is 8.67. The van der Waals surface area contributed by atoms with Crippen molar-refractivity contribution in [1.29, 1.82) is 0 Å². The van der Waals surface area contributed by atoms with Crippen LogP contribution < -0.4 is 5.32 Å². The molecular formula is C13H27N3O2. The van der Waals surface area contributed by atoms with Gasteiger partial charge in [0, 0.05) is 19.6 Å². The van der Waals surface area contributed by atoms with Crippen molar-refractivity contribution >= 4 is 5.97 Å². The summed E-state index contributed by atoms with van der Waals surface area (Å²) in [6.45, 7) is 7.76. The number of carbonyl (C=O) groups is 1. The monoisotopic (exact) mass is 257 g/mol. The van der Waals surface area contributed by atoms with E-state index in [4.69, 9.17) is 4.74 Å². The average molecular weight is 257 g/mol. The summed E-state index contributed by atoms with van der Waals surface area (Å²) in [5, 5.41) is 3.04. The fourth-order valence-corrected chi connectivity index (χ4v) is 2.26. The van der Waals surface area contributed by atoms with Gasteiger partial charge in [-0.15, -0.1) is 0 Å². The lowest BCUT2D eigenvalue weighted by Gasteiger charge is -2.22. The second-order valence-electron chi connectivity index (χ2n) is 4.88. The van der Waals surface area contributed by atoms with Crippen molar-refractivity contribution < 1.29 is 9.53 Å². The fraction of sp³-hybridized carbons (Fsp3) is 0.923. The number of hydrogen-bond donors (Lipinski definition) is 1. The molecular weight excluding hydrogens is 230 g/mol. The molecule has 106 valence electrons. The maximum Gasteiger partial charge on any atom is 0.323 e. The number of ether oxygens (including phenoxy) is 1. The maximum atomic E-state index is 11.7. The Kier molecular flexibility index (Phi) is 7.23. The van der Waals surface area contributed by atoms with Crippen molar-refractivity contribution in [2.24, 2.45) is 0 Å². The molecule has 1 rings (SSSR count). The number of esters is 1. The molecule has 0 bridgehead atoms. The van der Waals surface area contributed by atoms with Crippen LogP contribution in [0.1, 0.15) is 19.8 Å². The highest BCUT2D eigenvalue weighted by Crippen LogP contribution is 2.04. The van der Waals surface area contributed by atoms with E-state index in [1.807, 2.05) is 14.0 Å². The van der Waals surface area contributed by atoms with E-state index in [0.717, 1.165) is 32.6 Å². The van der Waals surface area contributed by atoms with E-state index in [9.17, 15) is 4.79 Å². The number of likely N-dealkylation sites (N-methyl/N-ethyl adjacent to an activating group) is 2. The van der Waals surface area contributed by atoms with E-state index >= 15 is 0 Å². The van der Waals surface area contributed by atoms with Crippen LogP contribution in [-0.4, -0.2) is 75.2 Å². The highest BCUT2D eigenvalue weighted by atomic mass is 16.5. The summed E-state index contributed by atoms with van der Waals surface area (Å²) < 4.78 is 5.05. The van der Waals surface area contributed by atoms with E-state index in [-0.39, 0.29) is 12.0 Å². The molecule has 0 amide bonds. The molecule has 0 aromatic carbocycles. The number of rotatable bonds is 6. The average Bonchev–Trinajstić information content (AvgIpc) is 2.55. The van der Waals surface area contributed by atoms with E-state index in [0.29, 0.717) is 6.61 Å². The van der Waals surface area contributed by atoms with Gasteiger partial charge in [0.25, 0.3) is 0 Å². The van der Waals surface area contributed by atoms with Crippen molar-refractivity contribution in [3.63, 3.8) is 0 Å². The standard InChI is InChI=1S/C13H27N3O2/c1-4-18-13(17)12(14-2)6-9-16-8-5-7-15(3)10-11-16/h12,14H,4-11H2,1-3H3. The van der Waals surface area contributed by atoms with Crippen molar-refractivity contribution in [3.05, 3.63) is 0 Å². The minimum Gasteiger partial charge on any atom is -0.465 e. The highest BCUT2D eigenvalue weighted by molar-refractivity contribution is 5.75. The summed E-state index contributed by atoms with van der Waals surface area (Å²) in [6, 6.07) is -0.175. The minimum absolute atomic E-state index is 0.132. The number of nitrogens with zero attached hydrogens (tertiary/aromatic N) is 2. The number of hydrogen-bond acceptors (Lipinski definition) is 5. The van der Waals surface area contributed by atoms with Gasteiger partial charge < -0.3 is 19.9 Å². The molecule has 1 N–H and O–H groups in total. The van der Waals surface area contributed by atoms with E-state index < -0.39 is 0 Å². The zero-order chi connectivity index (χ0) is 13.4. The van der Waals surface area contributed by atoms with Crippen LogP contribution >= 0.6 is 0 Å². The molecule has 1 aliphatic rings. The van der Waals surface area contributed by atoms with Gasteiger partial charge in [-0.1, -0.05) is 0 Å². The minimum atomic E-state index is -0.175. The summed E-state index contributed by atoms with van der Waals surface area (Å²) in [5.41, 5.74) is 0. The Morgan fingerprint density at radius 2 is 2.11 bits per heavy atom. The van der Waals surface area contributed by atoms with Gasteiger partial charge in [0.05, 0.1) is 6.61 Å². The lowest BCUT2D eigenvalue weighted by Crippen LogP contribution is -2.40. The largest absolute Gasteiger partial charge is 0.465 e. The second kappa shape index (κ2) is 8.45. The number of carbonyl (C=O) groups excluding carboxylic acids is 1. The fourth-order valence-electron chi connectivity index (χ4n) is 2.26. The molecule has 0 aliphatic carbocycles. The Labute approximate surface area is 110 Å². The van der Waals surface area contributed by atoms with Crippen LogP contribution in [0, 0.1) is 0 Å². The molecule has 1 atom stereocenters. The number of nitrogens with one attached hydrogen (secondary N) is 1. The molecule has 0 aromatic rings. The van der Waals surface area contributed by atoms with Gasteiger partial charge in [0.1, 0.15) is 6.04 Å². The molecule has 1 heterocycles. The van der Waals surface area contributed by atoms with Crippen molar-refractivity contribution in [3.8, 4) is 0 Å². The van der Waals surface area contributed by atoms with Gasteiger partial charge in [-0.3, -0.25) is 4.79 Å². The van der Waals surface area contributed by atoms with Crippen molar-refractivity contribution in [2.45, 2.75) is 25.8 Å². The van der Waals surface area contributed by atoms with Crippen LogP contribution in [0.15, 0.2) is 0 Å². The Hall–Kier alpha value is -0.650. The maximum absolute atomic E-state index is 11.7. The first-order valence-electron chi connectivity index (χ1n) is 6.92. The van der Waals surface area contributed by atoms with Crippen LogP contribution in [-0.2, 0) is 9.53 Å². The molecule has 1 saturated heterocycles. The molecule has 0 aromatic heterocycles. The van der Waals surface area contributed by atoms with Gasteiger partial charge in [0.15, 0.2) is 0 Å². The van der Waals surface area contributed by atoms with E-state index in [2.05, 4.69) is 22.2 Å². The molecule has 0 saturated carbocycles. The van der Waals surface area contributed by atoms with Crippen LogP contribution in [0.4, 0.5) is 0 Å². The molecule has 18 heavy (non-hydrogen) atoms. The predicted molar refractivity (Wildman–Crippen MR) is 72.7 cm³/mol. The predicted octanol–water partition coefficient (Wildman–Crippen LogP) is 0.165. The summed E-state index contributed by atoms with van der Waals surface area (Å²) in [6.07, 6.45) is 2.03. The van der Waals surface area contributed by atoms with Gasteiger partial charge in [-0.2, -0.15) is 0 Å². The van der Waals surface area contributed by atoms with E-state index in [1.165, 1.54) is 13.0 Å². The lowest BCUT2D eigenvalue weighted by atomic mass is 10.2. The smallest absolute Gasteiger partial charge is 0.323 e. The zero-order valence-electron chi connectivity index (χ0n) is 11.9. The zero-order valence-corrected chi connectivity index (χ0v) is 11.9. The summed E-state index contributed by atoms with van der Waals surface area (Å²) in [7, 11) is 3.98. The molecule has 5 heteroatoms. The Bertz CT molecular complexity index is 248.